The summed E-state index contributed by atoms with van der Waals surface area (Å²) in [6, 6.07) is 11.3. The molecule has 0 unspecified atom stereocenters. The maximum Gasteiger partial charge on any atom is 0.142 e. The molecule has 2 rings (SSSR count). The molecule has 5 heteroatoms. The molecule has 0 fully saturated rings. The lowest BCUT2D eigenvalue weighted by molar-refractivity contribution is 0.342. The standard InChI is InChI=1S/C19H22ClNO3/c1-4-24-19-7-5-13(10-17(19)21)9-15(20)11-14-12-16(22-2)6-8-18(14)23-3/h5-8,10-12H,4,9,21H2,1-3H3/b15-11+. The minimum absolute atomic E-state index is 0.568. The summed E-state index contributed by atoms with van der Waals surface area (Å²) in [6.07, 6.45) is 2.44. The number of benzene rings is 2. The Morgan fingerprint density at radius 2 is 1.83 bits per heavy atom. The second-order valence-corrected chi connectivity index (χ2v) is 5.67. The highest BCUT2D eigenvalue weighted by atomic mass is 35.5. The molecule has 4 nitrogen and oxygen atoms in total. The fourth-order valence-electron chi connectivity index (χ4n) is 2.36. The quantitative estimate of drug-likeness (QED) is 0.749. The van der Waals surface area contributed by atoms with Gasteiger partial charge < -0.3 is 19.9 Å². The Morgan fingerprint density at radius 1 is 1.08 bits per heavy atom. The summed E-state index contributed by atoms with van der Waals surface area (Å²) in [7, 11) is 3.25. The molecule has 0 aliphatic rings. The molecule has 0 saturated carbocycles. The van der Waals surface area contributed by atoms with Crippen LogP contribution in [-0.2, 0) is 6.42 Å². The van der Waals surface area contributed by atoms with Crippen LogP contribution in [-0.4, -0.2) is 20.8 Å². The molecule has 2 N–H and O–H groups in total. The molecule has 0 radical (unpaired) electrons. The molecule has 0 atom stereocenters. The number of nitrogen functional groups attached to an aromatic ring is 1. The summed E-state index contributed by atoms with van der Waals surface area (Å²) in [5.74, 6) is 2.17. The molecule has 0 aromatic heterocycles. The normalized spacial score (nSPS) is 11.2. The van der Waals surface area contributed by atoms with Crippen LogP contribution in [0, 0.1) is 0 Å². The van der Waals surface area contributed by atoms with Gasteiger partial charge in [-0.05, 0) is 48.9 Å². The molecular weight excluding hydrogens is 326 g/mol. The summed E-state index contributed by atoms with van der Waals surface area (Å²) < 4.78 is 16.1. The summed E-state index contributed by atoms with van der Waals surface area (Å²) in [5.41, 5.74) is 8.48. The number of halogens is 1. The van der Waals surface area contributed by atoms with Crippen molar-refractivity contribution in [2.75, 3.05) is 26.6 Å². The molecule has 0 spiro atoms. The molecule has 0 heterocycles. The zero-order valence-corrected chi connectivity index (χ0v) is 14.9. The van der Waals surface area contributed by atoms with Crippen molar-refractivity contribution in [3.05, 3.63) is 52.6 Å². The van der Waals surface area contributed by atoms with Crippen molar-refractivity contribution in [1.82, 2.24) is 0 Å². The van der Waals surface area contributed by atoms with Gasteiger partial charge in [-0.1, -0.05) is 17.7 Å². The topological polar surface area (TPSA) is 53.7 Å². The summed E-state index contributed by atoms with van der Waals surface area (Å²) in [4.78, 5) is 0. The van der Waals surface area contributed by atoms with Crippen molar-refractivity contribution < 1.29 is 14.2 Å². The zero-order chi connectivity index (χ0) is 17.5. The van der Waals surface area contributed by atoms with Gasteiger partial charge in [0.2, 0.25) is 0 Å². The summed E-state index contributed by atoms with van der Waals surface area (Å²) >= 11 is 6.42. The molecule has 2 aromatic carbocycles. The van der Waals surface area contributed by atoms with Crippen LogP contribution in [0.1, 0.15) is 18.1 Å². The van der Waals surface area contributed by atoms with Gasteiger partial charge in [-0.2, -0.15) is 0 Å². The van der Waals surface area contributed by atoms with Crippen molar-refractivity contribution in [3.63, 3.8) is 0 Å². The Balaban J connectivity index is 2.21. The van der Waals surface area contributed by atoms with Crippen LogP contribution in [0.3, 0.4) is 0 Å². The van der Waals surface area contributed by atoms with Gasteiger partial charge in [0.25, 0.3) is 0 Å². The van der Waals surface area contributed by atoms with Gasteiger partial charge in [-0.15, -0.1) is 0 Å². The van der Waals surface area contributed by atoms with E-state index in [-0.39, 0.29) is 0 Å². The first kappa shape index (κ1) is 18.0. The summed E-state index contributed by atoms with van der Waals surface area (Å²) in [5, 5.41) is 0.671. The van der Waals surface area contributed by atoms with E-state index in [1.165, 1.54) is 0 Å². The molecule has 2 aromatic rings. The Labute approximate surface area is 147 Å². The Hall–Kier alpha value is -2.33. The van der Waals surface area contributed by atoms with E-state index in [0.29, 0.717) is 29.5 Å². The third-order valence-corrected chi connectivity index (χ3v) is 3.74. The van der Waals surface area contributed by atoms with E-state index in [9.17, 15) is 0 Å². The first-order valence-corrected chi connectivity index (χ1v) is 8.04. The lowest BCUT2D eigenvalue weighted by atomic mass is 10.1. The van der Waals surface area contributed by atoms with E-state index in [1.807, 2.05) is 49.4 Å². The maximum absolute atomic E-state index is 6.42. The molecule has 0 amide bonds. The van der Waals surface area contributed by atoms with Gasteiger partial charge in [0.15, 0.2) is 0 Å². The van der Waals surface area contributed by atoms with Crippen molar-refractivity contribution in [1.29, 1.82) is 0 Å². The Bertz CT molecular complexity index is 729. The highest BCUT2D eigenvalue weighted by Crippen LogP contribution is 2.29. The molecule has 0 aliphatic heterocycles. The number of anilines is 1. The van der Waals surface area contributed by atoms with Crippen LogP contribution < -0.4 is 19.9 Å². The van der Waals surface area contributed by atoms with Gasteiger partial charge in [0.1, 0.15) is 17.2 Å². The third-order valence-electron chi connectivity index (χ3n) is 3.50. The van der Waals surface area contributed by atoms with E-state index in [2.05, 4.69) is 0 Å². The molecule has 0 bridgehead atoms. The van der Waals surface area contributed by atoms with E-state index < -0.39 is 0 Å². The Kier molecular flexibility index (Phi) is 6.38. The van der Waals surface area contributed by atoms with Crippen molar-refractivity contribution in [2.24, 2.45) is 0 Å². The molecular formula is C19H22ClNO3. The smallest absolute Gasteiger partial charge is 0.142 e. The van der Waals surface area contributed by atoms with E-state index in [4.69, 9.17) is 31.5 Å². The highest BCUT2D eigenvalue weighted by Gasteiger charge is 2.06. The maximum atomic E-state index is 6.42. The van der Waals surface area contributed by atoms with Crippen LogP contribution in [0.5, 0.6) is 17.2 Å². The van der Waals surface area contributed by atoms with Crippen LogP contribution in [0.2, 0.25) is 0 Å². The fourth-order valence-corrected chi connectivity index (χ4v) is 2.63. The van der Waals surface area contributed by atoms with Gasteiger partial charge in [0.05, 0.1) is 26.5 Å². The number of ether oxygens (including phenoxy) is 3. The van der Waals surface area contributed by atoms with Gasteiger partial charge in [-0.25, -0.2) is 0 Å². The van der Waals surface area contributed by atoms with Crippen molar-refractivity contribution >= 4 is 23.4 Å². The zero-order valence-electron chi connectivity index (χ0n) is 14.1. The largest absolute Gasteiger partial charge is 0.497 e. The minimum atomic E-state index is 0.568. The SMILES string of the molecule is CCOc1ccc(C/C(Cl)=C\c2cc(OC)ccc2OC)cc1N. The molecule has 0 aliphatic carbocycles. The van der Waals surface area contributed by atoms with E-state index in [1.54, 1.807) is 14.2 Å². The van der Waals surface area contributed by atoms with Gasteiger partial charge >= 0.3 is 0 Å². The van der Waals surface area contributed by atoms with Crippen molar-refractivity contribution in [3.8, 4) is 17.2 Å². The van der Waals surface area contributed by atoms with Crippen molar-refractivity contribution in [2.45, 2.75) is 13.3 Å². The second-order valence-electron chi connectivity index (χ2n) is 5.18. The lowest BCUT2D eigenvalue weighted by Crippen LogP contribution is -1.98. The first-order chi connectivity index (χ1) is 11.6. The Morgan fingerprint density at radius 3 is 2.46 bits per heavy atom. The number of hydrogen-bond acceptors (Lipinski definition) is 4. The average molecular weight is 348 g/mol. The molecule has 0 saturated heterocycles. The number of methoxy groups -OCH3 is 2. The van der Waals surface area contributed by atoms with Gasteiger partial charge in [0, 0.05) is 17.0 Å². The fraction of sp³-hybridized carbons (Fsp3) is 0.263. The second kappa shape index (κ2) is 8.50. The monoisotopic (exact) mass is 347 g/mol. The number of rotatable bonds is 7. The van der Waals surface area contributed by atoms with E-state index >= 15 is 0 Å². The predicted octanol–water partition coefficient (Wildman–Crippen LogP) is 4.51. The average Bonchev–Trinajstić information content (AvgIpc) is 2.57. The summed E-state index contributed by atoms with van der Waals surface area (Å²) in [6.45, 7) is 2.51. The third kappa shape index (κ3) is 4.59. The van der Waals surface area contributed by atoms with Crippen LogP contribution >= 0.6 is 11.6 Å². The number of allylic oxidation sites excluding steroid dienone is 1. The molecule has 24 heavy (non-hydrogen) atoms. The lowest BCUT2D eigenvalue weighted by Gasteiger charge is -2.10. The first-order valence-electron chi connectivity index (χ1n) is 7.66. The predicted molar refractivity (Wildman–Crippen MR) is 99.1 cm³/mol. The number of nitrogens with two attached hydrogens (primary N) is 1. The van der Waals surface area contributed by atoms with Crippen LogP contribution in [0.15, 0.2) is 41.4 Å². The molecule has 128 valence electrons. The van der Waals surface area contributed by atoms with Crippen LogP contribution in [0.25, 0.3) is 6.08 Å². The van der Waals surface area contributed by atoms with Gasteiger partial charge in [-0.3, -0.25) is 0 Å². The minimum Gasteiger partial charge on any atom is -0.497 e. The van der Waals surface area contributed by atoms with Crippen LogP contribution in [0.4, 0.5) is 5.69 Å². The van der Waals surface area contributed by atoms with E-state index in [0.717, 1.165) is 22.6 Å². The highest BCUT2D eigenvalue weighted by molar-refractivity contribution is 6.31. The number of hydrogen-bond donors (Lipinski definition) is 1.